The average molecular weight is 335 g/mol. The van der Waals surface area contributed by atoms with Crippen LogP contribution in [0.2, 0.25) is 0 Å². The van der Waals surface area contributed by atoms with Crippen molar-refractivity contribution in [3.63, 3.8) is 0 Å². The number of hydrogen-bond acceptors (Lipinski definition) is 4. The predicted molar refractivity (Wildman–Crippen MR) is 90.1 cm³/mol. The number of anilines is 1. The maximum Gasteiger partial charge on any atom is 0.243 e. The molecule has 1 aromatic heterocycles. The minimum Gasteiger partial charge on any atom is -0.350 e. The van der Waals surface area contributed by atoms with Gasteiger partial charge in [0.05, 0.1) is 13.1 Å². The van der Waals surface area contributed by atoms with E-state index in [0.717, 1.165) is 9.88 Å². The first-order valence-electron chi connectivity index (χ1n) is 6.98. The molecule has 0 aliphatic carbocycles. The molecule has 0 unspecified atom stereocenters. The van der Waals surface area contributed by atoms with Crippen molar-refractivity contribution in [1.82, 2.24) is 15.6 Å². The van der Waals surface area contributed by atoms with Gasteiger partial charge in [-0.3, -0.25) is 9.79 Å². The van der Waals surface area contributed by atoms with Gasteiger partial charge in [-0.1, -0.05) is 6.07 Å². The van der Waals surface area contributed by atoms with E-state index in [-0.39, 0.29) is 12.5 Å². The zero-order valence-corrected chi connectivity index (χ0v) is 13.7. The molecule has 0 fully saturated rings. The molecule has 6 nitrogen and oxygen atoms in total. The third-order valence-corrected chi connectivity index (χ3v) is 3.74. The van der Waals surface area contributed by atoms with E-state index < -0.39 is 5.82 Å². The highest BCUT2D eigenvalue weighted by Gasteiger charge is 2.06. The molecule has 23 heavy (non-hydrogen) atoms. The fraction of sp³-hybridized carbons (Fsp3) is 0.267. The monoisotopic (exact) mass is 335 g/mol. The molecule has 0 radical (unpaired) electrons. The topological polar surface area (TPSA) is 78.4 Å². The fourth-order valence-electron chi connectivity index (χ4n) is 1.80. The smallest absolute Gasteiger partial charge is 0.243 e. The standard InChI is InChI=1S/C15H18FN5OS/c1-10-7-18-14(23-10)9-20-15(17-2)19-8-13(22)21-12-5-3-4-11(16)6-12/h3-7H,8-9H2,1-2H3,(H,21,22)(H2,17,19,20). The van der Waals surface area contributed by atoms with Crippen molar-refractivity contribution in [1.29, 1.82) is 0 Å². The Labute approximate surface area is 137 Å². The summed E-state index contributed by atoms with van der Waals surface area (Å²) in [5, 5.41) is 9.51. The fourth-order valence-corrected chi connectivity index (χ4v) is 2.53. The van der Waals surface area contributed by atoms with Gasteiger partial charge in [0.15, 0.2) is 5.96 Å². The maximum absolute atomic E-state index is 13.0. The van der Waals surface area contributed by atoms with Gasteiger partial charge in [0, 0.05) is 23.8 Å². The molecule has 1 amide bonds. The molecule has 1 heterocycles. The highest BCUT2D eigenvalue weighted by molar-refractivity contribution is 7.11. The highest BCUT2D eigenvalue weighted by Crippen LogP contribution is 2.10. The van der Waals surface area contributed by atoms with Gasteiger partial charge in [0.2, 0.25) is 5.91 Å². The number of guanidine groups is 1. The van der Waals surface area contributed by atoms with Gasteiger partial charge in [0.25, 0.3) is 0 Å². The summed E-state index contributed by atoms with van der Waals surface area (Å²) < 4.78 is 13.0. The molecule has 122 valence electrons. The SMILES string of the molecule is CN=C(NCC(=O)Nc1cccc(F)c1)NCc1ncc(C)s1. The quantitative estimate of drug-likeness (QED) is 0.576. The summed E-state index contributed by atoms with van der Waals surface area (Å²) in [6.45, 7) is 2.54. The van der Waals surface area contributed by atoms with Crippen LogP contribution < -0.4 is 16.0 Å². The lowest BCUT2D eigenvalue weighted by Gasteiger charge is -2.11. The number of thiazole rings is 1. The molecule has 2 aromatic rings. The van der Waals surface area contributed by atoms with E-state index in [2.05, 4.69) is 25.9 Å². The number of carbonyl (C=O) groups is 1. The molecule has 1 aromatic carbocycles. The Balaban J connectivity index is 1.77. The minimum absolute atomic E-state index is 0.0209. The van der Waals surface area contributed by atoms with Gasteiger partial charge in [-0.25, -0.2) is 9.37 Å². The van der Waals surface area contributed by atoms with Gasteiger partial charge in [-0.2, -0.15) is 0 Å². The molecule has 3 N–H and O–H groups in total. The van der Waals surface area contributed by atoms with Crippen molar-refractivity contribution in [2.45, 2.75) is 13.5 Å². The lowest BCUT2D eigenvalue weighted by atomic mass is 10.3. The second-order valence-electron chi connectivity index (χ2n) is 4.70. The number of halogens is 1. The normalized spacial score (nSPS) is 11.2. The van der Waals surface area contributed by atoms with Crippen LogP contribution in [0.1, 0.15) is 9.88 Å². The van der Waals surface area contributed by atoms with Crippen LogP contribution in [0.4, 0.5) is 10.1 Å². The van der Waals surface area contributed by atoms with E-state index in [4.69, 9.17) is 0 Å². The van der Waals surface area contributed by atoms with Crippen LogP contribution in [-0.4, -0.2) is 30.4 Å². The van der Waals surface area contributed by atoms with Crippen LogP contribution in [0.3, 0.4) is 0 Å². The lowest BCUT2D eigenvalue weighted by molar-refractivity contribution is -0.115. The van der Waals surface area contributed by atoms with Crippen molar-refractivity contribution in [2.75, 3.05) is 18.9 Å². The number of amides is 1. The Hall–Kier alpha value is -2.48. The molecule has 0 aliphatic rings. The van der Waals surface area contributed by atoms with Crippen LogP contribution in [0.15, 0.2) is 35.5 Å². The first-order valence-corrected chi connectivity index (χ1v) is 7.79. The largest absolute Gasteiger partial charge is 0.350 e. The first kappa shape index (κ1) is 16.9. The third kappa shape index (κ3) is 5.67. The summed E-state index contributed by atoms with van der Waals surface area (Å²) in [6.07, 6.45) is 1.81. The number of rotatable bonds is 5. The summed E-state index contributed by atoms with van der Waals surface area (Å²) >= 11 is 1.60. The van der Waals surface area contributed by atoms with E-state index in [1.165, 1.54) is 18.2 Å². The Morgan fingerprint density at radius 1 is 1.39 bits per heavy atom. The number of aryl methyl sites for hydroxylation is 1. The summed E-state index contributed by atoms with van der Waals surface area (Å²) in [7, 11) is 1.62. The molecule has 0 saturated heterocycles. The molecule has 8 heteroatoms. The zero-order chi connectivity index (χ0) is 16.7. The van der Waals surface area contributed by atoms with Crippen molar-refractivity contribution < 1.29 is 9.18 Å². The van der Waals surface area contributed by atoms with Gasteiger partial charge in [-0.15, -0.1) is 11.3 Å². The van der Waals surface area contributed by atoms with E-state index in [1.807, 2.05) is 13.1 Å². The van der Waals surface area contributed by atoms with E-state index in [0.29, 0.717) is 18.2 Å². The third-order valence-electron chi connectivity index (χ3n) is 2.82. The van der Waals surface area contributed by atoms with Crippen LogP contribution in [-0.2, 0) is 11.3 Å². The molecular formula is C15H18FN5OS. The molecule has 0 bridgehead atoms. The number of benzene rings is 1. The number of carbonyl (C=O) groups excluding carboxylic acids is 1. The predicted octanol–water partition coefficient (Wildman–Crippen LogP) is 1.89. The number of nitrogens with zero attached hydrogens (tertiary/aromatic N) is 2. The number of aliphatic imine (C=N–C) groups is 1. The molecule has 0 spiro atoms. The lowest BCUT2D eigenvalue weighted by Crippen LogP contribution is -2.41. The zero-order valence-electron chi connectivity index (χ0n) is 12.9. The van der Waals surface area contributed by atoms with E-state index >= 15 is 0 Å². The van der Waals surface area contributed by atoms with Crippen molar-refractivity contribution in [3.8, 4) is 0 Å². The van der Waals surface area contributed by atoms with Crippen molar-refractivity contribution in [3.05, 3.63) is 46.2 Å². The van der Waals surface area contributed by atoms with E-state index in [9.17, 15) is 9.18 Å². The molecule has 0 atom stereocenters. The Kier molecular flexibility index (Phi) is 6.04. The molecule has 0 saturated carbocycles. The van der Waals surface area contributed by atoms with Crippen LogP contribution in [0, 0.1) is 12.7 Å². The maximum atomic E-state index is 13.0. The van der Waals surface area contributed by atoms with Crippen molar-refractivity contribution in [2.24, 2.45) is 4.99 Å². The number of nitrogens with one attached hydrogen (secondary N) is 3. The van der Waals surface area contributed by atoms with Gasteiger partial charge in [-0.05, 0) is 25.1 Å². The molecule has 2 rings (SSSR count). The number of hydrogen-bond donors (Lipinski definition) is 3. The van der Waals surface area contributed by atoms with Gasteiger partial charge in [0.1, 0.15) is 10.8 Å². The Morgan fingerprint density at radius 3 is 2.87 bits per heavy atom. The Morgan fingerprint density at radius 2 is 2.22 bits per heavy atom. The van der Waals surface area contributed by atoms with Crippen LogP contribution in [0.25, 0.3) is 0 Å². The summed E-state index contributed by atoms with van der Waals surface area (Å²) in [5.74, 6) is -0.192. The first-order chi connectivity index (χ1) is 11.1. The van der Waals surface area contributed by atoms with E-state index in [1.54, 1.807) is 24.5 Å². The number of aromatic nitrogens is 1. The average Bonchev–Trinajstić information content (AvgIpc) is 2.93. The Bertz CT molecular complexity index is 701. The molecular weight excluding hydrogens is 317 g/mol. The van der Waals surface area contributed by atoms with Crippen molar-refractivity contribution >= 4 is 28.9 Å². The minimum atomic E-state index is -0.396. The highest BCUT2D eigenvalue weighted by atomic mass is 32.1. The summed E-state index contributed by atoms with van der Waals surface area (Å²) in [4.78, 5) is 21.2. The van der Waals surface area contributed by atoms with Crippen LogP contribution >= 0.6 is 11.3 Å². The summed E-state index contributed by atoms with van der Waals surface area (Å²) in [6, 6.07) is 5.74. The van der Waals surface area contributed by atoms with Crippen LogP contribution in [0.5, 0.6) is 0 Å². The second kappa shape index (κ2) is 8.23. The van der Waals surface area contributed by atoms with Gasteiger partial charge < -0.3 is 16.0 Å². The molecule has 0 aliphatic heterocycles. The van der Waals surface area contributed by atoms with Gasteiger partial charge >= 0.3 is 0 Å². The second-order valence-corrected chi connectivity index (χ2v) is 6.02. The summed E-state index contributed by atoms with van der Waals surface area (Å²) in [5.41, 5.74) is 0.415.